The van der Waals surface area contributed by atoms with Crippen molar-refractivity contribution in [3.8, 4) is 0 Å². The van der Waals surface area contributed by atoms with Gasteiger partial charge in [0, 0.05) is 44.0 Å². The van der Waals surface area contributed by atoms with Gasteiger partial charge in [-0.2, -0.15) is 5.10 Å². The predicted octanol–water partition coefficient (Wildman–Crippen LogP) is 3.17. The van der Waals surface area contributed by atoms with Gasteiger partial charge in [-0.25, -0.2) is 23.1 Å². The third-order valence-electron chi connectivity index (χ3n) is 6.12. The minimum absolute atomic E-state index is 0.193. The summed E-state index contributed by atoms with van der Waals surface area (Å²) in [4.78, 5) is 21.2. The van der Waals surface area contributed by atoms with Crippen LogP contribution < -0.4 is 15.5 Å². The highest BCUT2D eigenvalue weighted by atomic mass is 19.1. The molecule has 0 spiro atoms. The van der Waals surface area contributed by atoms with Crippen molar-refractivity contribution < 1.29 is 13.6 Å². The van der Waals surface area contributed by atoms with Crippen LogP contribution in [0, 0.1) is 11.6 Å². The molecule has 2 aromatic heterocycles. The highest BCUT2D eigenvalue weighted by molar-refractivity contribution is 5.93. The van der Waals surface area contributed by atoms with Gasteiger partial charge in [0.1, 0.15) is 23.1 Å². The van der Waals surface area contributed by atoms with Gasteiger partial charge in [-0.1, -0.05) is 0 Å². The Bertz CT molecular complexity index is 1150. The molecule has 5 rings (SSSR count). The quantitative estimate of drug-likeness (QED) is 0.653. The third kappa shape index (κ3) is 3.86. The highest BCUT2D eigenvalue weighted by Crippen LogP contribution is 2.37. The molecule has 1 unspecified atom stereocenters. The monoisotopic (exact) mass is 441 g/mol. The van der Waals surface area contributed by atoms with Crippen molar-refractivity contribution >= 4 is 23.2 Å². The van der Waals surface area contributed by atoms with E-state index in [0.717, 1.165) is 19.0 Å². The van der Waals surface area contributed by atoms with E-state index in [0.29, 0.717) is 48.8 Å². The lowest BCUT2D eigenvalue weighted by molar-refractivity contribution is 0.192. The van der Waals surface area contributed by atoms with Crippen LogP contribution in [0.4, 0.5) is 25.1 Å². The van der Waals surface area contributed by atoms with E-state index in [1.165, 1.54) is 12.1 Å². The summed E-state index contributed by atoms with van der Waals surface area (Å²) in [5.41, 5.74) is 1.35. The fraction of sp³-hybridized carbons (Fsp3) is 0.409. The van der Waals surface area contributed by atoms with Gasteiger partial charge in [0.25, 0.3) is 0 Å². The first-order valence-corrected chi connectivity index (χ1v) is 10.8. The standard InChI is InChI=1S/C22H25F2N7O/c1-14-13-29(10-7-25-14)22(32)27-18-12-26-31-9-6-20(28-21(18)31)30-8-2-3-19(30)16-11-15(23)4-5-17(16)24/h4-6,9,11-12,14,19,25H,2-3,7-8,10,13H2,1H3,(H,27,32)/t14?,19-/m1/s1. The lowest BCUT2D eigenvalue weighted by Crippen LogP contribution is -2.52. The largest absolute Gasteiger partial charge is 0.349 e. The Hall–Kier alpha value is -3.27. The Balaban J connectivity index is 1.42. The predicted molar refractivity (Wildman–Crippen MR) is 117 cm³/mol. The number of piperazine rings is 1. The van der Waals surface area contributed by atoms with Gasteiger partial charge in [-0.15, -0.1) is 0 Å². The van der Waals surface area contributed by atoms with Gasteiger partial charge in [-0.05, 0) is 44.0 Å². The van der Waals surface area contributed by atoms with Crippen LogP contribution in [-0.4, -0.2) is 57.7 Å². The fourth-order valence-corrected chi connectivity index (χ4v) is 4.55. The van der Waals surface area contributed by atoms with Crippen LogP contribution in [0.2, 0.25) is 0 Å². The van der Waals surface area contributed by atoms with E-state index < -0.39 is 11.6 Å². The molecule has 0 saturated carbocycles. The molecular weight excluding hydrogens is 416 g/mol. The van der Waals surface area contributed by atoms with Crippen molar-refractivity contribution in [1.82, 2.24) is 24.8 Å². The molecule has 2 aliphatic rings. The lowest BCUT2D eigenvalue weighted by atomic mass is 10.0. The maximum Gasteiger partial charge on any atom is 0.322 e. The van der Waals surface area contributed by atoms with E-state index in [1.54, 1.807) is 27.9 Å². The van der Waals surface area contributed by atoms with Crippen molar-refractivity contribution in [2.24, 2.45) is 0 Å². The van der Waals surface area contributed by atoms with Gasteiger partial charge >= 0.3 is 6.03 Å². The molecule has 2 saturated heterocycles. The summed E-state index contributed by atoms with van der Waals surface area (Å²) in [6.45, 7) is 4.72. The number of amides is 2. The van der Waals surface area contributed by atoms with Crippen LogP contribution in [0.15, 0.2) is 36.7 Å². The maximum atomic E-state index is 14.4. The second-order valence-electron chi connectivity index (χ2n) is 8.36. The maximum absolute atomic E-state index is 14.4. The molecule has 2 atom stereocenters. The Morgan fingerprint density at radius 1 is 1.25 bits per heavy atom. The van der Waals surface area contributed by atoms with Crippen molar-refractivity contribution in [2.45, 2.75) is 31.8 Å². The average molecular weight is 441 g/mol. The molecule has 10 heteroatoms. The number of halogens is 2. The van der Waals surface area contributed by atoms with Gasteiger partial charge in [0.15, 0.2) is 5.65 Å². The molecule has 0 radical (unpaired) electrons. The zero-order valence-corrected chi connectivity index (χ0v) is 17.8. The van der Waals surface area contributed by atoms with E-state index in [-0.39, 0.29) is 18.1 Å². The van der Waals surface area contributed by atoms with E-state index in [9.17, 15) is 13.6 Å². The number of carbonyl (C=O) groups excluding carboxylic acids is 1. The van der Waals surface area contributed by atoms with Crippen LogP contribution in [0.25, 0.3) is 5.65 Å². The Labute approximate surface area is 184 Å². The number of nitrogens with one attached hydrogen (secondary N) is 2. The lowest BCUT2D eigenvalue weighted by Gasteiger charge is -2.31. The molecule has 2 N–H and O–H groups in total. The van der Waals surface area contributed by atoms with Crippen LogP contribution in [-0.2, 0) is 0 Å². The van der Waals surface area contributed by atoms with Crippen molar-refractivity contribution in [1.29, 1.82) is 0 Å². The third-order valence-corrected chi connectivity index (χ3v) is 6.12. The van der Waals surface area contributed by atoms with Crippen LogP contribution in [0.5, 0.6) is 0 Å². The molecule has 2 aliphatic heterocycles. The second-order valence-corrected chi connectivity index (χ2v) is 8.36. The number of aromatic nitrogens is 3. The summed E-state index contributed by atoms with van der Waals surface area (Å²) in [6.07, 6.45) is 4.88. The molecule has 2 amide bonds. The molecule has 1 aromatic carbocycles. The molecular formula is C22H25F2N7O. The topological polar surface area (TPSA) is 77.8 Å². The van der Waals surface area contributed by atoms with E-state index in [2.05, 4.69) is 15.7 Å². The normalized spacial score (nSPS) is 21.3. The summed E-state index contributed by atoms with van der Waals surface area (Å²) in [7, 11) is 0. The smallest absolute Gasteiger partial charge is 0.322 e. The van der Waals surface area contributed by atoms with Crippen molar-refractivity contribution in [3.63, 3.8) is 0 Å². The Kier molecular flexibility index (Phi) is 5.38. The summed E-state index contributed by atoms with van der Waals surface area (Å²) in [5, 5.41) is 10.5. The van der Waals surface area contributed by atoms with Crippen LogP contribution in [0.3, 0.4) is 0 Å². The van der Waals surface area contributed by atoms with E-state index >= 15 is 0 Å². The summed E-state index contributed by atoms with van der Waals surface area (Å²) in [5.74, 6) is -0.248. The first-order chi connectivity index (χ1) is 15.5. The highest BCUT2D eigenvalue weighted by Gasteiger charge is 2.30. The Morgan fingerprint density at radius 3 is 2.97 bits per heavy atom. The van der Waals surface area contributed by atoms with E-state index in [1.807, 2.05) is 11.8 Å². The summed E-state index contributed by atoms with van der Waals surface area (Å²) < 4.78 is 29.8. The number of carbonyl (C=O) groups is 1. The molecule has 0 aliphatic carbocycles. The average Bonchev–Trinajstić information content (AvgIpc) is 3.42. The van der Waals surface area contributed by atoms with Gasteiger partial charge in [-0.3, -0.25) is 0 Å². The van der Waals surface area contributed by atoms with Crippen LogP contribution in [0.1, 0.15) is 31.4 Å². The number of rotatable bonds is 3. The number of fused-ring (bicyclic) bond motifs is 1. The zero-order valence-electron chi connectivity index (χ0n) is 17.8. The van der Waals surface area contributed by atoms with Crippen molar-refractivity contribution in [3.05, 3.63) is 53.9 Å². The number of nitrogens with zero attached hydrogens (tertiary/aromatic N) is 5. The van der Waals surface area contributed by atoms with Gasteiger partial charge in [0.2, 0.25) is 0 Å². The van der Waals surface area contributed by atoms with Crippen LogP contribution >= 0.6 is 0 Å². The number of benzene rings is 1. The minimum atomic E-state index is -0.459. The van der Waals surface area contributed by atoms with Gasteiger partial charge in [0.05, 0.1) is 12.2 Å². The number of urea groups is 1. The molecule has 168 valence electrons. The van der Waals surface area contributed by atoms with Gasteiger partial charge < -0.3 is 20.4 Å². The first kappa shape index (κ1) is 20.6. The Morgan fingerprint density at radius 2 is 2.12 bits per heavy atom. The minimum Gasteiger partial charge on any atom is -0.349 e. The molecule has 8 nitrogen and oxygen atoms in total. The number of hydrogen-bond donors (Lipinski definition) is 2. The molecule has 2 fully saturated rings. The van der Waals surface area contributed by atoms with Crippen molar-refractivity contribution in [2.75, 3.05) is 36.4 Å². The zero-order chi connectivity index (χ0) is 22.2. The first-order valence-electron chi connectivity index (χ1n) is 10.8. The SMILES string of the molecule is CC1CN(C(=O)Nc2cnn3ccc(N4CCC[C@@H]4c4cc(F)ccc4F)nc23)CCN1. The summed E-state index contributed by atoms with van der Waals surface area (Å²) >= 11 is 0. The van der Waals surface area contributed by atoms with E-state index in [4.69, 9.17) is 4.98 Å². The molecule has 0 bridgehead atoms. The second kappa shape index (κ2) is 8.34. The summed E-state index contributed by atoms with van der Waals surface area (Å²) in [6, 6.07) is 5.10. The number of anilines is 2. The molecule has 4 heterocycles. The molecule has 3 aromatic rings. The molecule has 32 heavy (non-hydrogen) atoms. The fourth-order valence-electron chi connectivity index (χ4n) is 4.55. The number of hydrogen-bond acceptors (Lipinski definition) is 5.